The van der Waals surface area contributed by atoms with Gasteiger partial charge in [0.2, 0.25) is 0 Å². The molecular weight excluding hydrogens is 332 g/mol. The Balaban J connectivity index is 2.05. The minimum atomic E-state index is -0.379. The molecule has 1 aromatic heterocycles. The van der Waals surface area contributed by atoms with E-state index >= 15 is 0 Å². The van der Waals surface area contributed by atoms with Crippen LogP contribution in [0.1, 0.15) is 10.4 Å². The van der Waals surface area contributed by atoms with Crippen LogP contribution in [-0.2, 0) is 4.74 Å². The molecule has 0 fully saturated rings. The minimum Gasteiger partial charge on any atom is -0.465 e. The van der Waals surface area contributed by atoms with E-state index in [1.165, 1.54) is 7.11 Å². The van der Waals surface area contributed by atoms with Crippen molar-refractivity contribution in [3.8, 4) is 11.3 Å². The molecule has 0 saturated heterocycles. The van der Waals surface area contributed by atoms with Crippen LogP contribution in [-0.4, -0.2) is 23.0 Å². The first-order valence-electron chi connectivity index (χ1n) is 6.28. The normalized spacial score (nSPS) is 10.6. The summed E-state index contributed by atoms with van der Waals surface area (Å²) in [7, 11) is 1.36. The first-order chi connectivity index (χ1) is 10.2. The van der Waals surface area contributed by atoms with Crippen LogP contribution in [0.4, 0.5) is 0 Å². The third-order valence-corrected chi connectivity index (χ3v) is 3.63. The van der Waals surface area contributed by atoms with Crippen molar-refractivity contribution in [1.82, 2.24) is 9.97 Å². The first-order valence-corrected chi connectivity index (χ1v) is 7.08. The maximum atomic E-state index is 11.5. The van der Waals surface area contributed by atoms with Gasteiger partial charge in [0.05, 0.1) is 35.6 Å². The Bertz CT molecular complexity index is 816. The number of carbonyl (C=O) groups is 1. The molecule has 5 heteroatoms. The van der Waals surface area contributed by atoms with E-state index in [-0.39, 0.29) is 5.97 Å². The fourth-order valence-electron chi connectivity index (χ4n) is 2.02. The smallest absolute Gasteiger partial charge is 0.337 e. The number of hydrogen-bond donors (Lipinski definition) is 0. The maximum absolute atomic E-state index is 11.5. The number of aromatic nitrogens is 2. The average molecular weight is 343 g/mol. The standard InChI is InChI=1S/C16H11BrN2O2/c1-21-16(20)11-4-7-13-14(8-11)18-9-15(19-13)10-2-5-12(17)6-3-10/h2-9H,1H3. The second-order valence-corrected chi connectivity index (χ2v) is 5.37. The van der Waals surface area contributed by atoms with Crippen LogP contribution in [0.5, 0.6) is 0 Å². The summed E-state index contributed by atoms with van der Waals surface area (Å²) in [6, 6.07) is 13.0. The number of hydrogen-bond acceptors (Lipinski definition) is 4. The SMILES string of the molecule is COC(=O)c1ccc2nc(-c3ccc(Br)cc3)cnc2c1. The fourth-order valence-corrected chi connectivity index (χ4v) is 2.28. The molecule has 2 aromatic carbocycles. The van der Waals surface area contributed by atoms with Crippen LogP contribution in [0.25, 0.3) is 22.3 Å². The number of halogens is 1. The monoisotopic (exact) mass is 342 g/mol. The molecule has 0 aliphatic carbocycles. The quantitative estimate of drug-likeness (QED) is 0.664. The van der Waals surface area contributed by atoms with Crippen LogP contribution in [0.15, 0.2) is 53.1 Å². The van der Waals surface area contributed by atoms with Gasteiger partial charge in [0.25, 0.3) is 0 Å². The molecule has 21 heavy (non-hydrogen) atoms. The van der Waals surface area contributed by atoms with Crippen LogP contribution < -0.4 is 0 Å². The zero-order valence-electron chi connectivity index (χ0n) is 11.2. The Morgan fingerprint density at radius 1 is 1.10 bits per heavy atom. The van der Waals surface area contributed by atoms with E-state index in [1.54, 1.807) is 24.4 Å². The summed E-state index contributed by atoms with van der Waals surface area (Å²) >= 11 is 3.41. The minimum absolute atomic E-state index is 0.379. The van der Waals surface area contributed by atoms with Crippen molar-refractivity contribution >= 4 is 32.9 Å². The molecule has 0 unspecified atom stereocenters. The molecular formula is C16H11BrN2O2. The molecule has 0 spiro atoms. The van der Waals surface area contributed by atoms with E-state index in [2.05, 4.69) is 25.9 Å². The molecule has 1 heterocycles. The lowest BCUT2D eigenvalue weighted by Crippen LogP contribution is -2.01. The summed E-state index contributed by atoms with van der Waals surface area (Å²) in [4.78, 5) is 20.4. The van der Waals surface area contributed by atoms with Gasteiger partial charge in [-0.1, -0.05) is 28.1 Å². The number of ether oxygens (including phenoxy) is 1. The number of esters is 1. The molecule has 0 radical (unpaired) electrons. The highest BCUT2D eigenvalue weighted by molar-refractivity contribution is 9.10. The van der Waals surface area contributed by atoms with Crippen molar-refractivity contribution in [3.63, 3.8) is 0 Å². The van der Waals surface area contributed by atoms with Gasteiger partial charge in [-0.25, -0.2) is 9.78 Å². The summed E-state index contributed by atoms with van der Waals surface area (Å²) in [5.41, 5.74) is 3.66. The van der Waals surface area contributed by atoms with Gasteiger partial charge < -0.3 is 4.74 Å². The number of fused-ring (bicyclic) bond motifs is 1. The van der Waals surface area contributed by atoms with Crippen molar-refractivity contribution in [3.05, 3.63) is 58.7 Å². The molecule has 0 aliphatic rings. The average Bonchev–Trinajstić information content (AvgIpc) is 2.54. The number of carbonyl (C=O) groups excluding carboxylic acids is 1. The Hall–Kier alpha value is -2.27. The third-order valence-electron chi connectivity index (χ3n) is 3.10. The third kappa shape index (κ3) is 2.78. The zero-order chi connectivity index (χ0) is 14.8. The summed E-state index contributed by atoms with van der Waals surface area (Å²) in [6.45, 7) is 0. The van der Waals surface area contributed by atoms with Gasteiger partial charge in [0.15, 0.2) is 0 Å². The Morgan fingerprint density at radius 3 is 2.57 bits per heavy atom. The second kappa shape index (κ2) is 5.61. The zero-order valence-corrected chi connectivity index (χ0v) is 12.8. The molecule has 3 aromatic rings. The second-order valence-electron chi connectivity index (χ2n) is 4.46. The Morgan fingerprint density at radius 2 is 1.86 bits per heavy atom. The first kappa shape index (κ1) is 13.7. The lowest BCUT2D eigenvalue weighted by atomic mass is 10.1. The largest absolute Gasteiger partial charge is 0.465 e. The van der Waals surface area contributed by atoms with E-state index in [0.717, 1.165) is 21.2 Å². The fraction of sp³-hybridized carbons (Fsp3) is 0.0625. The summed E-state index contributed by atoms with van der Waals surface area (Å²) < 4.78 is 5.71. The lowest BCUT2D eigenvalue weighted by molar-refractivity contribution is 0.0601. The van der Waals surface area contributed by atoms with Gasteiger partial charge >= 0.3 is 5.97 Å². The van der Waals surface area contributed by atoms with Crippen molar-refractivity contribution in [2.45, 2.75) is 0 Å². The molecule has 0 amide bonds. The molecule has 0 aliphatic heterocycles. The summed E-state index contributed by atoms with van der Waals surface area (Å²) in [5, 5.41) is 0. The number of nitrogens with zero attached hydrogens (tertiary/aromatic N) is 2. The Labute approximate surface area is 129 Å². The summed E-state index contributed by atoms with van der Waals surface area (Å²) in [6.07, 6.45) is 1.70. The highest BCUT2D eigenvalue weighted by atomic mass is 79.9. The van der Waals surface area contributed by atoms with Gasteiger partial charge in [-0.15, -0.1) is 0 Å². The molecule has 0 atom stereocenters. The molecule has 0 saturated carbocycles. The summed E-state index contributed by atoms with van der Waals surface area (Å²) in [5.74, 6) is -0.379. The van der Waals surface area contributed by atoms with E-state index in [4.69, 9.17) is 4.74 Å². The van der Waals surface area contributed by atoms with Gasteiger partial charge in [-0.2, -0.15) is 0 Å². The molecule has 0 bridgehead atoms. The number of methoxy groups -OCH3 is 1. The van der Waals surface area contributed by atoms with Crippen LogP contribution >= 0.6 is 15.9 Å². The van der Waals surface area contributed by atoms with E-state index in [0.29, 0.717) is 11.1 Å². The molecule has 4 nitrogen and oxygen atoms in total. The van der Waals surface area contributed by atoms with Gasteiger partial charge in [-0.05, 0) is 30.3 Å². The maximum Gasteiger partial charge on any atom is 0.337 e. The van der Waals surface area contributed by atoms with Crippen molar-refractivity contribution in [2.75, 3.05) is 7.11 Å². The van der Waals surface area contributed by atoms with Crippen LogP contribution in [0, 0.1) is 0 Å². The van der Waals surface area contributed by atoms with Crippen molar-refractivity contribution in [1.29, 1.82) is 0 Å². The number of benzene rings is 2. The van der Waals surface area contributed by atoms with Gasteiger partial charge in [0, 0.05) is 10.0 Å². The Kier molecular flexibility index (Phi) is 3.66. The molecule has 104 valence electrons. The van der Waals surface area contributed by atoms with Crippen molar-refractivity contribution in [2.24, 2.45) is 0 Å². The van der Waals surface area contributed by atoms with Crippen LogP contribution in [0.2, 0.25) is 0 Å². The molecule has 3 rings (SSSR count). The highest BCUT2D eigenvalue weighted by Gasteiger charge is 2.08. The van der Waals surface area contributed by atoms with Crippen LogP contribution in [0.3, 0.4) is 0 Å². The van der Waals surface area contributed by atoms with E-state index in [9.17, 15) is 4.79 Å². The van der Waals surface area contributed by atoms with Crippen molar-refractivity contribution < 1.29 is 9.53 Å². The highest BCUT2D eigenvalue weighted by Crippen LogP contribution is 2.22. The predicted molar refractivity (Wildman–Crippen MR) is 84.0 cm³/mol. The number of rotatable bonds is 2. The molecule has 0 N–H and O–H groups in total. The van der Waals surface area contributed by atoms with E-state index < -0.39 is 0 Å². The van der Waals surface area contributed by atoms with Gasteiger partial charge in [-0.3, -0.25) is 4.98 Å². The predicted octanol–water partition coefficient (Wildman–Crippen LogP) is 3.85. The topological polar surface area (TPSA) is 52.1 Å². The van der Waals surface area contributed by atoms with E-state index in [1.807, 2.05) is 24.3 Å². The lowest BCUT2D eigenvalue weighted by Gasteiger charge is -2.04. The van der Waals surface area contributed by atoms with Gasteiger partial charge in [0.1, 0.15) is 0 Å².